The highest BCUT2D eigenvalue weighted by molar-refractivity contribution is 7.13. The first-order valence-corrected chi connectivity index (χ1v) is 8.66. The molecule has 1 aromatic heterocycles. The number of thiazole rings is 1. The summed E-state index contributed by atoms with van der Waals surface area (Å²) in [6.07, 6.45) is 1.18. The Morgan fingerprint density at radius 1 is 1.33 bits per heavy atom. The van der Waals surface area contributed by atoms with Crippen molar-refractivity contribution in [2.45, 2.75) is 32.7 Å². The molecule has 1 unspecified atom stereocenters. The van der Waals surface area contributed by atoms with E-state index >= 15 is 0 Å². The Hall–Kier alpha value is -2.28. The van der Waals surface area contributed by atoms with Gasteiger partial charge in [-0.05, 0) is 25.5 Å². The Kier molecular flexibility index (Phi) is 6.43. The van der Waals surface area contributed by atoms with E-state index in [1.165, 1.54) is 11.3 Å². The summed E-state index contributed by atoms with van der Waals surface area (Å²) >= 11 is 1.45. The molecule has 0 saturated heterocycles. The predicted molar refractivity (Wildman–Crippen MR) is 96.5 cm³/mol. The van der Waals surface area contributed by atoms with Crippen molar-refractivity contribution in [1.82, 2.24) is 10.3 Å². The van der Waals surface area contributed by atoms with Crippen LogP contribution in [0.1, 0.15) is 26.0 Å². The van der Waals surface area contributed by atoms with E-state index in [-0.39, 0.29) is 18.4 Å². The minimum Gasteiger partial charge on any atom is -0.497 e. The molecule has 2 N–H and O–H groups in total. The zero-order chi connectivity index (χ0) is 17.5. The smallest absolute Gasteiger partial charge is 0.226 e. The van der Waals surface area contributed by atoms with Crippen LogP contribution in [0.3, 0.4) is 0 Å². The fourth-order valence-electron chi connectivity index (χ4n) is 2.06. The lowest BCUT2D eigenvalue weighted by Gasteiger charge is -2.11. The van der Waals surface area contributed by atoms with Crippen molar-refractivity contribution in [3.63, 3.8) is 0 Å². The van der Waals surface area contributed by atoms with Crippen LogP contribution in [0.15, 0.2) is 23.6 Å². The molecule has 7 heteroatoms. The van der Waals surface area contributed by atoms with Crippen LogP contribution in [-0.4, -0.2) is 31.2 Å². The third-order valence-electron chi connectivity index (χ3n) is 3.56. The number of hydrogen-bond acceptors (Lipinski definition) is 6. The third-order valence-corrected chi connectivity index (χ3v) is 4.37. The molecular weight excluding hydrogens is 326 g/mol. The van der Waals surface area contributed by atoms with Gasteiger partial charge in [-0.25, -0.2) is 4.98 Å². The first-order chi connectivity index (χ1) is 11.5. The molecule has 0 aliphatic carbocycles. The molecule has 1 amide bonds. The molecule has 2 aromatic rings. The van der Waals surface area contributed by atoms with Crippen molar-refractivity contribution >= 4 is 28.1 Å². The van der Waals surface area contributed by atoms with Crippen molar-refractivity contribution in [1.29, 1.82) is 0 Å². The van der Waals surface area contributed by atoms with Gasteiger partial charge in [0.05, 0.1) is 32.0 Å². The number of anilines is 2. The zero-order valence-corrected chi connectivity index (χ0v) is 15.2. The molecular formula is C17H23N3O3S. The first kappa shape index (κ1) is 18.1. The average molecular weight is 349 g/mol. The average Bonchev–Trinajstić information content (AvgIpc) is 3.01. The van der Waals surface area contributed by atoms with E-state index in [4.69, 9.17) is 9.47 Å². The third kappa shape index (κ3) is 4.86. The Bertz CT molecular complexity index is 687. The fraction of sp³-hybridized carbons (Fsp3) is 0.412. The minimum absolute atomic E-state index is 0.0137. The maximum Gasteiger partial charge on any atom is 0.226 e. The summed E-state index contributed by atoms with van der Waals surface area (Å²) in [5.41, 5.74) is 1.51. The number of nitrogens with zero attached hydrogens (tertiary/aromatic N) is 1. The molecule has 1 atom stereocenters. The molecule has 0 radical (unpaired) electrons. The highest BCUT2D eigenvalue weighted by atomic mass is 32.1. The Balaban J connectivity index is 2.05. The van der Waals surface area contributed by atoms with Crippen LogP contribution in [0.2, 0.25) is 0 Å². The monoisotopic (exact) mass is 349 g/mol. The second kappa shape index (κ2) is 8.54. The maximum absolute atomic E-state index is 11.9. The summed E-state index contributed by atoms with van der Waals surface area (Å²) in [7, 11) is 3.22. The van der Waals surface area contributed by atoms with Crippen LogP contribution < -0.4 is 20.1 Å². The van der Waals surface area contributed by atoms with Gasteiger partial charge in [-0.3, -0.25) is 4.79 Å². The van der Waals surface area contributed by atoms with Gasteiger partial charge in [-0.1, -0.05) is 6.92 Å². The normalized spacial score (nSPS) is 11.7. The fourth-order valence-corrected chi connectivity index (χ4v) is 2.79. The molecule has 0 fully saturated rings. The van der Waals surface area contributed by atoms with Crippen LogP contribution in [-0.2, 0) is 11.2 Å². The maximum atomic E-state index is 11.9. The van der Waals surface area contributed by atoms with Crippen molar-refractivity contribution in [3.05, 3.63) is 29.3 Å². The molecule has 2 rings (SSSR count). The molecule has 0 aliphatic rings. The summed E-state index contributed by atoms with van der Waals surface area (Å²) in [4.78, 5) is 16.4. The molecule has 1 heterocycles. The van der Waals surface area contributed by atoms with E-state index in [1.807, 2.05) is 37.4 Å². The number of methoxy groups -OCH3 is 2. The summed E-state index contributed by atoms with van der Waals surface area (Å²) in [5, 5.41) is 8.74. The lowest BCUT2D eigenvalue weighted by Crippen LogP contribution is -2.33. The number of hydrogen-bond donors (Lipinski definition) is 2. The van der Waals surface area contributed by atoms with E-state index in [2.05, 4.69) is 15.6 Å². The van der Waals surface area contributed by atoms with Gasteiger partial charge in [0.2, 0.25) is 5.91 Å². The van der Waals surface area contributed by atoms with Gasteiger partial charge in [-0.2, -0.15) is 0 Å². The van der Waals surface area contributed by atoms with Gasteiger partial charge >= 0.3 is 0 Å². The molecule has 6 nitrogen and oxygen atoms in total. The molecule has 0 bridgehead atoms. The molecule has 1 aromatic carbocycles. The Morgan fingerprint density at radius 2 is 2.12 bits per heavy atom. The number of carbonyl (C=O) groups is 1. The first-order valence-electron chi connectivity index (χ1n) is 7.78. The van der Waals surface area contributed by atoms with Crippen LogP contribution in [0.25, 0.3) is 0 Å². The number of ether oxygens (including phenoxy) is 2. The second-order valence-electron chi connectivity index (χ2n) is 5.39. The summed E-state index contributed by atoms with van der Waals surface area (Å²) in [5.74, 6) is 1.41. The molecule has 0 spiro atoms. The zero-order valence-electron chi connectivity index (χ0n) is 14.4. The largest absolute Gasteiger partial charge is 0.497 e. The second-order valence-corrected chi connectivity index (χ2v) is 6.25. The lowest BCUT2D eigenvalue weighted by molar-refractivity contribution is -0.121. The van der Waals surface area contributed by atoms with Gasteiger partial charge in [0, 0.05) is 17.5 Å². The standard InChI is InChI=1S/C17H23N3O3S/c1-5-11(2)18-16(21)8-12-10-24-17(19-12)20-14-9-13(22-3)6-7-15(14)23-4/h6-7,9-11H,5,8H2,1-4H3,(H,18,21)(H,19,20). The van der Waals surface area contributed by atoms with E-state index in [0.29, 0.717) is 10.9 Å². The quantitative estimate of drug-likeness (QED) is 0.764. The number of benzene rings is 1. The van der Waals surface area contributed by atoms with Crippen LogP contribution in [0.5, 0.6) is 11.5 Å². The van der Waals surface area contributed by atoms with E-state index < -0.39 is 0 Å². The lowest BCUT2D eigenvalue weighted by atomic mass is 10.2. The van der Waals surface area contributed by atoms with Crippen LogP contribution in [0, 0.1) is 0 Å². The van der Waals surface area contributed by atoms with E-state index in [9.17, 15) is 4.79 Å². The Labute approximate surface area is 146 Å². The van der Waals surface area contributed by atoms with Crippen molar-refractivity contribution in [2.24, 2.45) is 0 Å². The molecule has 24 heavy (non-hydrogen) atoms. The van der Waals surface area contributed by atoms with Crippen molar-refractivity contribution in [3.8, 4) is 11.5 Å². The summed E-state index contributed by atoms with van der Waals surface area (Å²) in [6, 6.07) is 5.68. The number of carbonyl (C=O) groups excluding carboxylic acids is 1. The van der Waals surface area contributed by atoms with Crippen LogP contribution in [0.4, 0.5) is 10.8 Å². The van der Waals surface area contributed by atoms with Gasteiger partial charge in [0.1, 0.15) is 11.5 Å². The molecule has 0 aliphatic heterocycles. The van der Waals surface area contributed by atoms with Gasteiger partial charge < -0.3 is 20.1 Å². The number of nitrogens with one attached hydrogen (secondary N) is 2. The van der Waals surface area contributed by atoms with Gasteiger partial charge in [0.15, 0.2) is 5.13 Å². The SMILES string of the molecule is CCC(C)NC(=O)Cc1csc(Nc2cc(OC)ccc2OC)n1. The topological polar surface area (TPSA) is 72.5 Å². The predicted octanol–water partition coefficient (Wildman–Crippen LogP) is 3.36. The molecule has 130 valence electrons. The number of aromatic nitrogens is 1. The van der Waals surface area contributed by atoms with E-state index in [1.54, 1.807) is 14.2 Å². The Morgan fingerprint density at radius 3 is 2.79 bits per heavy atom. The van der Waals surface area contributed by atoms with Gasteiger partial charge in [-0.15, -0.1) is 11.3 Å². The summed E-state index contributed by atoms with van der Waals surface area (Å²) in [6.45, 7) is 4.03. The highest BCUT2D eigenvalue weighted by Gasteiger charge is 2.11. The van der Waals surface area contributed by atoms with Crippen molar-refractivity contribution < 1.29 is 14.3 Å². The number of amides is 1. The summed E-state index contributed by atoms with van der Waals surface area (Å²) < 4.78 is 10.6. The molecule has 0 saturated carbocycles. The minimum atomic E-state index is -0.0137. The van der Waals surface area contributed by atoms with Crippen molar-refractivity contribution in [2.75, 3.05) is 19.5 Å². The van der Waals surface area contributed by atoms with E-state index in [0.717, 1.165) is 23.6 Å². The van der Waals surface area contributed by atoms with Gasteiger partial charge in [0.25, 0.3) is 0 Å². The highest BCUT2D eigenvalue weighted by Crippen LogP contribution is 2.32. The number of rotatable bonds is 8. The van der Waals surface area contributed by atoms with Crippen LogP contribution >= 0.6 is 11.3 Å².